The lowest BCUT2D eigenvalue weighted by molar-refractivity contribution is 0.360. The lowest BCUT2D eigenvalue weighted by Crippen LogP contribution is -2.16. The van der Waals surface area contributed by atoms with Gasteiger partial charge in [-0.1, -0.05) is 22.8 Å². The van der Waals surface area contributed by atoms with Crippen molar-refractivity contribution in [1.82, 2.24) is 19.9 Å². The van der Waals surface area contributed by atoms with Gasteiger partial charge in [0, 0.05) is 10.6 Å². The number of hydrogen-bond donors (Lipinski definition) is 0. The number of aromatic nitrogens is 4. The molecule has 0 unspecified atom stereocenters. The first-order valence-corrected chi connectivity index (χ1v) is 8.15. The van der Waals surface area contributed by atoms with Gasteiger partial charge >= 0.3 is 5.76 Å². The van der Waals surface area contributed by atoms with Gasteiger partial charge in [-0.2, -0.15) is 9.67 Å². The van der Waals surface area contributed by atoms with Crippen LogP contribution in [0.15, 0.2) is 55.5 Å². The van der Waals surface area contributed by atoms with E-state index in [1.807, 2.05) is 17.5 Å². The van der Waals surface area contributed by atoms with E-state index in [0.717, 1.165) is 15.1 Å². The van der Waals surface area contributed by atoms with E-state index in [2.05, 4.69) is 15.2 Å². The van der Waals surface area contributed by atoms with E-state index in [4.69, 9.17) is 20.5 Å². The molecule has 0 atom stereocenters. The third kappa shape index (κ3) is 2.89. The number of benzene rings is 1. The molecule has 0 aliphatic rings. The molecule has 9 heteroatoms. The molecule has 3 aromatic heterocycles. The second kappa shape index (κ2) is 6.06. The molecule has 4 aromatic rings. The molecule has 0 fully saturated rings. The molecular formula is C15H9ClN4O3S. The molecule has 0 radical (unpaired) electrons. The van der Waals surface area contributed by atoms with Crippen LogP contribution in [0, 0.1) is 0 Å². The van der Waals surface area contributed by atoms with Crippen molar-refractivity contribution in [3.8, 4) is 22.2 Å². The van der Waals surface area contributed by atoms with Crippen LogP contribution in [0.5, 0.6) is 0 Å². The Bertz CT molecular complexity index is 1020. The monoisotopic (exact) mass is 360 g/mol. The summed E-state index contributed by atoms with van der Waals surface area (Å²) in [5.41, 5.74) is 0.765. The van der Waals surface area contributed by atoms with Crippen LogP contribution in [0.3, 0.4) is 0 Å². The van der Waals surface area contributed by atoms with Crippen molar-refractivity contribution < 1.29 is 8.94 Å². The van der Waals surface area contributed by atoms with Gasteiger partial charge < -0.3 is 8.94 Å². The van der Waals surface area contributed by atoms with Crippen molar-refractivity contribution in [2.24, 2.45) is 0 Å². The average Bonchev–Trinajstić information content (AvgIpc) is 3.31. The van der Waals surface area contributed by atoms with Crippen LogP contribution in [0.2, 0.25) is 5.02 Å². The molecule has 0 N–H and O–H groups in total. The Kier molecular flexibility index (Phi) is 3.75. The minimum absolute atomic E-state index is 0.0360. The van der Waals surface area contributed by atoms with Gasteiger partial charge in [0.2, 0.25) is 11.7 Å². The van der Waals surface area contributed by atoms with Gasteiger partial charge in [-0.25, -0.2) is 4.79 Å². The fourth-order valence-electron chi connectivity index (χ4n) is 2.07. The van der Waals surface area contributed by atoms with Crippen LogP contribution in [-0.2, 0) is 6.54 Å². The van der Waals surface area contributed by atoms with Gasteiger partial charge in [-0.05, 0) is 35.7 Å². The van der Waals surface area contributed by atoms with E-state index in [1.165, 1.54) is 11.3 Å². The fraction of sp³-hybridized carbons (Fsp3) is 0.0667. The molecule has 4 rings (SSSR count). The van der Waals surface area contributed by atoms with E-state index in [1.54, 1.807) is 24.3 Å². The Balaban J connectivity index is 1.58. The first-order valence-electron chi connectivity index (χ1n) is 6.89. The van der Waals surface area contributed by atoms with Crippen molar-refractivity contribution in [2.45, 2.75) is 6.54 Å². The van der Waals surface area contributed by atoms with Crippen LogP contribution in [-0.4, -0.2) is 19.9 Å². The maximum absolute atomic E-state index is 11.9. The summed E-state index contributed by atoms with van der Waals surface area (Å²) in [6, 6.07) is 10.7. The highest BCUT2D eigenvalue weighted by Crippen LogP contribution is 2.22. The molecule has 0 saturated heterocycles. The molecule has 0 aliphatic heterocycles. The molecule has 1 aromatic carbocycles. The van der Waals surface area contributed by atoms with Crippen LogP contribution in [0.25, 0.3) is 22.2 Å². The summed E-state index contributed by atoms with van der Waals surface area (Å²) in [4.78, 5) is 16.9. The van der Waals surface area contributed by atoms with E-state index in [9.17, 15) is 4.79 Å². The highest BCUT2D eigenvalue weighted by Gasteiger charge is 2.15. The zero-order chi connectivity index (χ0) is 16.5. The maximum atomic E-state index is 11.9. The minimum atomic E-state index is -0.579. The maximum Gasteiger partial charge on any atom is 0.437 e. The summed E-state index contributed by atoms with van der Waals surface area (Å²) >= 11 is 7.29. The molecule has 0 amide bonds. The van der Waals surface area contributed by atoms with Gasteiger partial charge in [0.15, 0.2) is 0 Å². The topological polar surface area (TPSA) is 87.0 Å². The predicted molar refractivity (Wildman–Crippen MR) is 87.9 cm³/mol. The highest BCUT2D eigenvalue weighted by molar-refractivity contribution is 7.13. The SMILES string of the molecule is O=c1oc(-c2cccs2)nn1Cc1nc(-c2ccc(Cl)cc2)no1. The third-order valence-corrected chi connectivity index (χ3v) is 4.30. The Morgan fingerprint density at radius 1 is 1.21 bits per heavy atom. The number of rotatable bonds is 4. The van der Waals surface area contributed by atoms with E-state index < -0.39 is 5.76 Å². The Morgan fingerprint density at radius 3 is 2.79 bits per heavy atom. The first-order chi connectivity index (χ1) is 11.7. The molecule has 0 bridgehead atoms. The average molecular weight is 361 g/mol. The van der Waals surface area contributed by atoms with Crippen LogP contribution in [0.4, 0.5) is 0 Å². The zero-order valence-electron chi connectivity index (χ0n) is 12.0. The largest absolute Gasteiger partial charge is 0.437 e. The van der Waals surface area contributed by atoms with Crippen LogP contribution >= 0.6 is 22.9 Å². The van der Waals surface area contributed by atoms with Crippen molar-refractivity contribution in [3.05, 3.63) is 63.2 Å². The van der Waals surface area contributed by atoms with E-state index in [-0.39, 0.29) is 18.3 Å². The lowest BCUT2D eigenvalue weighted by atomic mass is 10.2. The minimum Gasteiger partial charge on any atom is -0.387 e. The van der Waals surface area contributed by atoms with Crippen molar-refractivity contribution in [2.75, 3.05) is 0 Å². The molecule has 24 heavy (non-hydrogen) atoms. The molecule has 0 aliphatic carbocycles. The molecule has 7 nitrogen and oxygen atoms in total. The molecule has 3 heterocycles. The summed E-state index contributed by atoms with van der Waals surface area (Å²) in [6.45, 7) is 0.0360. The van der Waals surface area contributed by atoms with Crippen LogP contribution in [0.1, 0.15) is 5.89 Å². The molecule has 0 spiro atoms. The quantitative estimate of drug-likeness (QED) is 0.555. The number of thiophene rings is 1. The van der Waals surface area contributed by atoms with Gasteiger partial charge in [-0.15, -0.1) is 16.4 Å². The number of hydrogen-bond acceptors (Lipinski definition) is 7. The fourth-order valence-corrected chi connectivity index (χ4v) is 2.84. The highest BCUT2D eigenvalue weighted by atomic mass is 35.5. The van der Waals surface area contributed by atoms with Crippen molar-refractivity contribution >= 4 is 22.9 Å². The van der Waals surface area contributed by atoms with Gasteiger partial charge in [-0.3, -0.25) is 0 Å². The lowest BCUT2D eigenvalue weighted by Gasteiger charge is -1.93. The number of nitrogens with zero attached hydrogens (tertiary/aromatic N) is 4. The summed E-state index contributed by atoms with van der Waals surface area (Å²) in [6.07, 6.45) is 0. The van der Waals surface area contributed by atoms with E-state index in [0.29, 0.717) is 10.8 Å². The Labute approximate surface area is 144 Å². The molecule has 120 valence electrons. The van der Waals surface area contributed by atoms with Gasteiger partial charge in [0.1, 0.15) is 6.54 Å². The summed E-state index contributed by atoms with van der Waals surface area (Å²) in [5.74, 6) is 0.363. The molecular weight excluding hydrogens is 352 g/mol. The van der Waals surface area contributed by atoms with Crippen molar-refractivity contribution in [3.63, 3.8) is 0 Å². The third-order valence-electron chi connectivity index (χ3n) is 3.19. The normalized spacial score (nSPS) is 11.0. The van der Waals surface area contributed by atoms with E-state index >= 15 is 0 Å². The van der Waals surface area contributed by atoms with Crippen molar-refractivity contribution in [1.29, 1.82) is 0 Å². The summed E-state index contributed by atoms with van der Waals surface area (Å²) in [5, 5.41) is 10.5. The van der Waals surface area contributed by atoms with Gasteiger partial charge in [0.25, 0.3) is 5.89 Å². The smallest absolute Gasteiger partial charge is 0.387 e. The first kappa shape index (κ1) is 14.9. The summed E-state index contributed by atoms with van der Waals surface area (Å²) < 4.78 is 11.5. The zero-order valence-corrected chi connectivity index (χ0v) is 13.6. The second-order valence-corrected chi connectivity index (χ2v) is 6.21. The standard InChI is InChI=1S/C15H9ClN4O3S/c16-10-5-3-9(4-6-10)13-17-12(23-19-13)8-20-15(21)22-14(18-20)11-2-1-7-24-11/h1-7H,8H2. The molecule has 0 saturated carbocycles. The van der Waals surface area contributed by atoms with Crippen LogP contribution < -0.4 is 5.76 Å². The predicted octanol–water partition coefficient (Wildman–Crippen LogP) is 3.32. The van der Waals surface area contributed by atoms with Gasteiger partial charge in [0.05, 0.1) is 4.88 Å². The summed E-state index contributed by atoms with van der Waals surface area (Å²) in [7, 11) is 0. The number of halogens is 1. The Hall–Kier alpha value is -2.71. The second-order valence-electron chi connectivity index (χ2n) is 4.83. The Morgan fingerprint density at radius 2 is 2.04 bits per heavy atom.